The van der Waals surface area contributed by atoms with E-state index in [-0.39, 0.29) is 5.92 Å². The highest BCUT2D eigenvalue weighted by molar-refractivity contribution is 6.22. The molecule has 1 aromatic heterocycles. The quantitative estimate of drug-likeness (QED) is 0.171. The molecule has 0 saturated heterocycles. The van der Waals surface area contributed by atoms with E-state index in [4.69, 9.17) is 9.15 Å². The van der Waals surface area contributed by atoms with Crippen molar-refractivity contribution >= 4 is 48.7 Å². The van der Waals surface area contributed by atoms with E-state index in [0.29, 0.717) is 0 Å². The van der Waals surface area contributed by atoms with Crippen LogP contribution in [-0.2, 0) is 0 Å². The van der Waals surface area contributed by atoms with Gasteiger partial charge in [0.15, 0.2) is 0 Å². The average Bonchev–Trinajstić information content (AvgIpc) is 3.78. The van der Waals surface area contributed by atoms with E-state index in [1.165, 1.54) is 76.5 Å². The van der Waals surface area contributed by atoms with Crippen LogP contribution in [0, 0.1) is 6.92 Å². The van der Waals surface area contributed by atoms with Crippen molar-refractivity contribution in [3.05, 3.63) is 193 Å². The van der Waals surface area contributed by atoms with Crippen molar-refractivity contribution in [2.75, 3.05) is 0 Å². The summed E-state index contributed by atoms with van der Waals surface area (Å²) in [5, 5.41) is 9.71. The van der Waals surface area contributed by atoms with Gasteiger partial charge in [0, 0.05) is 22.6 Å². The van der Waals surface area contributed by atoms with Gasteiger partial charge in [-0.05, 0) is 103 Å². The lowest BCUT2D eigenvalue weighted by atomic mass is 9.72. The minimum absolute atomic E-state index is 0.0610. The second-order valence-corrected chi connectivity index (χ2v) is 14.9. The van der Waals surface area contributed by atoms with E-state index in [2.05, 4.69) is 177 Å². The van der Waals surface area contributed by atoms with E-state index in [1.807, 2.05) is 13.0 Å². The van der Waals surface area contributed by atoms with Gasteiger partial charge in [0.1, 0.15) is 22.9 Å². The molecule has 2 heteroatoms. The van der Waals surface area contributed by atoms with E-state index >= 15 is 0 Å². The summed E-state index contributed by atoms with van der Waals surface area (Å²) < 4.78 is 13.6. The van der Waals surface area contributed by atoms with Crippen LogP contribution in [0.15, 0.2) is 180 Å². The lowest BCUT2D eigenvalue weighted by molar-refractivity contribution is 0.166. The number of aryl methyl sites for hydroxylation is 1. The molecule has 0 N–H and O–H groups in total. The normalized spacial score (nSPS) is 17.5. The highest BCUT2D eigenvalue weighted by Crippen LogP contribution is 2.57. The third-order valence-corrected chi connectivity index (χ3v) is 11.8. The molecule has 2 nitrogen and oxygen atoms in total. The van der Waals surface area contributed by atoms with Gasteiger partial charge in [-0.1, -0.05) is 158 Å². The van der Waals surface area contributed by atoms with Crippen molar-refractivity contribution in [1.29, 1.82) is 0 Å². The Morgan fingerprint density at radius 1 is 0.481 bits per heavy atom. The molecular formula is C52H36O2. The Hall–Kier alpha value is -6.64. The SMILES string of the molecule is Cc1ccc(-c2c3ccccc3c(-c3ccc4c(c3)OC3(C)C(c5c6ccccc6c(-c6ccccc6)c6ccccc56)=CC=CC43)c3ccccc23)o1. The number of hydrogen-bond donors (Lipinski definition) is 0. The zero-order valence-electron chi connectivity index (χ0n) is 30.1. The molecule has 0 fully saturated rings. The summed E-state index contributed by atoms with van der Waals surface area (Å²) in [7, 11) is 0. The van der Waals surface area contributed by atoms with E-state index in [0.717, 1.165) is 28.4 Å². The lowest BCUT2D eigenvalue weighted by Gasteiger charge is -2.35. The highest BCUT2D eigenvalue weighted by Gasteiger charge is 2.48. The molecule has 54 heavy (non-hydrogen) atoms. The molecule has 0 bridgehead atoms. The van der Waals surface area contributed by atoms with Gasteiger partial charge in [-0.25, -0.2) is 0 Å². The second kappa shape index (κ2) is 11.7. The van der Waals surface area contributed by atoms with Crippen molar-refractivity contribution < 1.29 is 9.15 Å². The van der Waals surface area contributed by atoms with Gasteiger partial charge in [-0.2, -0.15) is 0 Å². The number of furan rings is 1. The molecule has 9 aromatic rings. The summed E-state index contributed by atoms with van der Waals surface area (Å²) in [4.78, 5) is 0. The van der Waals surface area contributed by atoms with Crippen molar-refractivity contribution in [1.82, 2.24) is 0 Å². The first-order valence-corrected chi connectivity index (χ1v) is 18.8. The number of ether oxygens (including phenoxy) is 1. The second-order valence-electron chi connectivity index (χ2n) is 14.9. The van der Waals surface area contributed by atoms with Crippen LogP contribution in [0.4, 0.5) is 0 Å². The maximum Gasteiger partial charge on any atom is 0.142 e. The van der Waals surface area contributed by atoms with Crippen molar-refractivity contribution in [3.63, 3.8) is 0 Å². The van der Waals surface area contributed by atoms with Crippen molar-refractivity contribution in [2.45, 2.75) is 25.4 Å². The number of allylic oxidation sites excluding steroid dienone is 2. The molecule has 2 unspecified atom stereocenters. The minimum Gasteiger partial charge on any atom is -0.482 e. The molecule has 11 rings (SSSR count). The summed E-state index contributed by atoms with van der Waals surface area (Å²) in [6.07, 6.45) is 6.84. The van der Waals surface area contributed by atoms with E-state index in [1.54, 1.807) is 0 Å². The average molecular weight is 693 g/mol. The lowest BCUT2D eigenvalue weighted by Crippen LogP contribution is -2.36. The monoisotopic (exact) mass is 692 g/mol. The van der Waals surface area contributed by atoms with Crippen molar-refractivity contribution in [2.24, 2.45) is 0 Å². The smallest absolute Gasteiger partial charge is 0.142 e. The highest BCUT2D eigenvalue weighted by atomic mass is 16.5. The topological polar surface area (TPSA) is 22.4 Å². The van der Waals surface area contributed by atoms with Gasteiger partial charge < -0.3 is 9.15 Å². The first-order chi connectivity index (χ1) is 26.6. The van der Waals surface area contributed by atoms with Crippen LogP contribution in [0.3, 0.4) is 0 Å². The maximum absolute atomic E-state index is 7.33. The van der Waals surface area contributed by atoms with Gasteiger partial charge in [-0.15, -0.1) is 0 Å². The summed E-state index contributed by atoms with van der Waals surface area (Å²) in [6.45, 7) is 4.29. The zero-order valence-corrected chi connectivity index (χ0v) is 30.1. The fraction of sp³-hybridized carbons (Fsp3) is 0.0769. The van der Waals surface area contributed by atoms with E-state index < -0.39 is 5.60 Å². The van der Waals surface area contributed by atoms with Gasteiger partial charge in [0.25, 0.3) is 0 Å². The summed E-state index contributed by atoms with van der Waals surface area (Å²) >= 11 is 0. The summed E-state index contributed by atoms with van der Waals surface area (Å²) in [6, 6.07) is 57.0. The Balaban J connectivity index is 1.09. The number of hydrogen-bond acceptors (Lipinski definition) is 2. The zero-order chi connectivity index (χ0) is 36.0. The summed E-state index contributed by atoms with van der Waals surface area (Å²) in [5.74, 6) is 2.80. The number of rotatable bonds is 4. The van der Waals surface area contributed by atoms with Crippen LogP contribution in [0.5, 0.6) is 5.75 Å². The Morgan fingerprint density at radius 3 is 1.52 bits per heavy atom. The van der Waals surface area contributed by atoms with Crippen molar-refractivity contribution in [3.8, 4) is 39.3 Å². The van der Waals surface area contributed by atoms with Crippen LogP contribution >= 0.6 is 0 Å². The van der Waals surface area contributed by atoms with Gasteiger partial charge in [-0.3, -0.25) is 0 Å². The molecule has 2 atom stereocenters. The van der Waals surface area contributed by atoms with Gasteiger partial charge >= 0.3 is 0 Å². The third kappa shape index (κ3) is 4.40. The Morgan fingerprint density at radius 2 is 0.981 bits per heavy atom. The molecule has 0 amide bonds. The summed E-state index contributed by atoms with van der Waals surface area (Å²) in [5.41, 5.74) is 9.03. The minimum atomic E-state index is -0.610. The third-order valence-electron chi connectivity index (χ3n) is 11.8. The van der Waals surface area contributed by atoms with Gasteiger partial charge in [0.2, 0.25) is 0 Å². The fourth-order valence-corrected chi connectivity index (χ4v) is 9.50. The predicted octanol–water partition coefficient (Wildman–Crippen LogP) is 14.1. The molecular weight excluding hydrogens is 657 g/mol. The first-order valence-electron chi connectivity index (χ1n) is 18.8. The number of fused-ring (bicyclic) bond motifs is 7. The molecule has 256 valence electrons. The molecule has 1 aliphatic carbocycles. The number of benzene rings is 8. The first kappa shape index (κ1) is 30.9. The van der Waals surface area contributed by atoms with Crippen LogP contribution in [0.1, 0.15) is 29.7 Å². The standard InChI is InChI=1S/C52H36O2/c1-32-27-30-46(53-32)51-41-23-12-8-19-37(41)49(38-20-9-13-24-42(38)51)34-28-29-43-44-25-14-26-45(52(44,2)54-47(43)31-34)50-39-21-10-6-17-35(39)48(33-15-4-3-5-16-33)36-18-7-11-22-40(36)50/h3-31,44H,1-2H3. The predicted molar refractivity (Wildman–Crippen MR) is 225 cm³/mol. The van der Waals surface area contributed by atoms with Gasteiger partial charge in [0.05, 0.1) is 0 Å². The molecule has 2 heterocycles. The molecule has 8 aromatic carbocycles. The van der Waals surface area contributed by atoms with Crippen LogP contribution in [-0.4, -0.2) is 5.60 Å². The Kier molecular flexibility index (Phi) is 6.69. The molecule has 1 aliphatic heterocycles. The van der Waals surface area contributed by atoms with E-state index in [9.17, 15) is 0 Å². The largest absolute Gasteiger partial charge is 0.482 e. The van der Waals surface area contributed by atoms with Crippen LogP contribution in [0.25, 0.3) is 82.2 Å². The molecule has 0 saturated carbocycles. The fourth-order valence-electron chi connectivity index (χ4n) is 9.50. The Bertz CT molecular complexity index is 2940. The molecule has 0 spiro atoms. The maximum atomic E-state index is 7.33. The van der Waals surface area contributed by atoms with Crippen LogP contribution in [0.2, 0.25) is 0 Å². The Labute approximate surface area is 314 Å². The van der Waals surface area contributed by atoms with Crippen LogP contribution < -0.4 is 4.74 Å². The molecule has 2 aliphatic rings. The molecule has 0 radical (unpaired) electrons.